The van der Waals surface area contributed by atoms with Crippen molar-refractivity contribution < 1.29 is 4.79 Å². The van der Waals surface area contributed by atoms with Crippen LogP contribution in [0.15, 0.2) is 48.5 Å². The SMILES string of the molecule is N#Cc1[nH]nnc1-c1ccc(-c2ccc(C=O)cc2)cc1. The van der Waals surface area contributed by atoms with Gasteiger partial charge in [0, 0.05) is 11.1 Å². The number of nitrogens with one attached hydrogen (secondary N) is 1. The Hall–Kier alpha value is -3.26. The van der Waals surface area contributed by atoms with Gasteiger partial charge in [0.15, 0.2) is 5.69 Å². The summed E-state index contributed by atoms with van der Waals surface area (Å²) < 4.78 is 0. The first kappa shape index (κ1) is 12.8. The molecule has 1 aromatic heterocycles. The number of carbonyl (C=O) groups excluding carboxylic acids is 1. The molecule has 3 rings (SSSR count). The van der Waals surface area contributed by atoms with Crippen LogP contribution in [0.3, 0.4) is 0 Å². The van der Waals surface area contributed by atoms with Gasteiger partial charge >= 0.3 is 0 Å². The zero-order valence-electron chi connectivity index (χ0n) is 10.9. The van der Waals surface area contributed by atoms with Crippen molar-refractivity contribution in [2.75, 3.05) is 0 Å². The van der Waals surface area contributed by atoms with E-state index in [4.69, 9.17) is 5.26 Å². The van der Waals surface area contributed by atoms with E-state index in [9.17, 15) is 4.79 Å². The third-order valence-corrected chi connectivity index (χ3v) is 3.20. The lowest BCUT2D eigenvalue weighted by Gasteiger charge is -2.03. The lowest BCUT2D eigenvalue weighted by molar-refractivity contribution is 0.112. The number of aldehydes is 1. The van der Waals surface area contributed by atoms with Gasteiger partial charge in [-0.2, -0.15) is 5.26 Å². The molecule has 2 aromatic carbocycles. The molecule has 1 N–H and O–H groups in total. The van der Waals surface area contributed by atoms with Crippen molar-refractivity contribution in [1.82, 2.24) is 15.4 Å². The van der Waals surface area contributed by atoms with E-state index in [0.29, 0.717) is 17.0 Å². The summed E-state index contributed by atoms with van der Waals surface area (Å²) in [4.78, 5) is 10.6. The lowest BCUT2D eigenvalue weighted by atomic mass is 10.0. The Morgan fingerprint density at radius 1 is 0.952 bits per heavy atom. The van der Waals surface area contributed by atoms with Gasteiger partial charge in [0.05, 0.1) is 0 Å². The van der Waals surface area contributed by atoms with E-state index in [1.165, 1.54) is 0 Å². The van der Waals surface area contributed by atoms with Crippen molar-refractivity contribution >= 4 is 6.29 Å². The average Bonchev–Trinajstić information content (AvgIpc) is 3.04. The second kappa shape index (κ2) is 5.39. The molecule has 0 amide bonds. The Morgan fingerprint density at radius 2 is 1.52 bits per heavy atom. The van der Waals surface area contributed by atoms with Gasteiger partial charge in [-0.15, -0.1) is 5.10 Å². The van der Waals surface area contributed by atoms with Crippen LogP contribution in [-0.4, -0.2) is 21.7 Å². The van der Waals surface area contributed by atoms with Gasteiger partial charge in [0.2, 0.25) is 0 Å². The van der Waals surface area contributed by atoms with E-state index in [1.54, 1.807) is 12.1 Å². The van der Waals surface area contributed by atoms with Crippen LogP contribution < -0.4 is 0 Å². The van der Waals surface area contributed by atoms with Crippen LogP contribution in [0.5, 0.6) is 0 Å². The zero-order valence-corrected chi connectivity index (χ0v) is 10.9. The number of hydrogen-bond donors (Lipinski definition) is 1. The second-order valence-corrected chi connectivity index (χ2v) is 4.46. The van der Waals surface area contributed by atoms with Gasteiger partial charge in [0.1, 0.15) is 18.0 Å². The molecular weight excluding hydrogens is 264 g/mol. The minimum Gasteiger partial charge on any atom is -0.298 e. The summed E-state index contributed by atoms with van der Waals surface area (Å²) in [7, 11) is 0. The number of carbonyl (C=O) groups is 1. The summed E-state index contributed by atoms with van der Waals surface area (Å²) in [6.07, 6.45) is 0.820. The van der Waals surface area contributed by atoms with Crippen molar-refractivity contribution in [3.8, 4) is 28.5 Å². The number of nitrogens with zero attached hydrogens (tertiary/aromatic N) is 3. The Morgan fingerprint density at radius 3 is 2.10 bits per heavy atom. The molecule has 0 spiro atoms. The summed E-state index contributed by atoms with van der Waals surface area (Å²) in [5.74, 6) is 0. The van der Waals surface area contributed by atoms with Crippen LogP contribution in [0.25, 0.3) is 22.4 Å². The molecule has 0 radical (unpaired) electrons. The summed E-state index contributed by atoms with van der Waals surface area (Å²) in [6, 6.07) is 17.0. The monoisotopic (exact) mass is 274 g/mol. The van der Waals surface area contributed by atoms with Gasteiger partial charge < -0.3 is 0 Å². The highest BCUT2D eigenvalue weighted by molar-refractivity contribution is 5.77. The minimum absolute atomic E-state index is 0.345. The first-order valence-corrected chi connectivity index (χ1v) is 6.29. The number of hydrogen-bond acceptors (Lipinski definition) is 4. The molecule has 21 heavy (non-hydrogen) atoms. The fraction of sp³-hybridized carbons (Fsp3) is 0. The van der Waals surface area contributed by atoms with E-state index >= 15 is 0 Å². The van der Waals surface area contributed by atoms with E-state index in [-0.39, 0.29) is 0 Å². The third-order valence-electron chi connectivity index (χ3n) is 3.20. The van der Waals surface area contributed by atoms with E-state index in [2.05, 4.69) is 15.4 Å². The first-order valence-electron chi connectivity index (χ1n) is 6.29. The molecule has 0 saturated carbocycles. The fourth-order valence-corrected chi connectivity index (χ4v) is 2.08. The van der Waals surface area contributed by atoms with Crippen LogP contribution in [0.4, 0.5) is 0 Å². The number of aromatic nitrogens is 3. The van der Waals surface area contributed by atoms with Gasteiger partial charge in [0.25, 0.3) is 0 Å². The molecule has 0 aliphatic heterocycles. The van der Waals surface area contributed by atoms with Crippen LogP contribution in [0.1, 0.15) is 16.1 Å². The molecule has 5 nitrogen and oxygen atoms in total. The topological polar surface area (TPSA) is 82.4 Å². The van der Waals surface area contributed by atoms with Gasteiger partial charge in [-0.1, -0.05) is 53.7 Å². The third kappa shape index (κ3) is 2.42. The number of benzene rings is 2. The van der Waals surface area contributed by atoms with Gasteiger partial charge in [-0.25, -0.2) is 5.10 Å². The van der Waals surface area contributed by atoms with Gasteiger partial charge in [-0.3, -0.25) is 4.79 Å². The summed E-state index contributed by atoms with van der Waals surface area (Å²) in [5.41, 5.74) is 4.41. The maximum atomic E-state index is 10.6. The molecule has 5 heteroatoms. The van der Waals surface area contributed by atoms with Crippen molar-refractivity contribution in [2.24, 2.45) is 0 Å². The molecule has 0 fully saturated rings. The first-order chi connectivity index (χ1) is 10.3. The number of rotatable bonds is 3. The normalized spacial score (nSPS) is 10.0. The maximum absolute atomic E-state index is 10.6. The van der Waals surface area contributed by atoms with Crippen molar-refractivity contribution in [2.45, 2.75) is 0 Å². The molecular formula is C16H10N4O. The highest BCUT2D eigenvalue weighted by Gasteiger charge is 2.09. The molecule has 0 aliphatic carbocycles. The average molecular weight is 274 g/mol. The fourth-order valence-electron chi connectivity index (χ4n) is 2.08. The predicted octanol–water partition coefficient (Wildman–Crippen LogP) is 2.82. The van der Waals surface area contributed by atoms with E-state index in [0.717, 1.165) is 23.0 Å². The quantitative estimate of drug-likeness (QED) is 0.744. The molecule has 0 unspecified atom stereocenters. The Bertz CT molecular complexity index is 811. The summed E-state index contributed by atoms with van der Waals surface area (Å²) in [6.45, 7) is 0. The Labute approximate surface area is 120 Å². The van der Waals surface area contributed by atoms with Crippen LogP contribution >= 0.6 is 0 Å². The number of aromatic amines is 1. The Kier molecular flexibility index (Phi) is 3.27. The van der Waals surface area contributed by atoms with E-state index < -0.39 is 0 Å². The van der Waals surface area contributed by atoms with Crippen molar-refractivity contribution in [3.63, 3.8) is 0 Å². The smallest absolute Gasteiger partial charge is 0.163 e. The zero-order chi connectivity index (χ0) is 14.7. The van der Waals surface area contributed by atoms with Crippen LogP contribution in [0, 0.1) is 11.3 Å². The molecule has 0 atom stereocenters. The van der Waals surface area contributed by atoms with Crippen LogP contribution in [-0.2, 0) is 0 Å². The highest BCUT2D eigenvalue weighted by atomic mass is 16.1. The summed E-state index contributed by atoms with van der Waals surface area (Å²) >= 11 is 0. The molecule has 0 bridgehead atoms. The highest BCUT2D eigenvalue weighted by Crippen LogP contribution is 2.24. The van der Waals surface area contributed by atoms with Gasteiger partial charge in [-0.05, 0) is 11.1 Å². The molecule has 0 saturated heterocycles. The second-order valence-electron chi connectivity index (χ2n) is 4.46. The lowest BCUT2D eigenvalue weighted by Crippen LogP contribution is -1.84. The van der Waals surface area contributed by atoms with Crippen molar-refractivity contribution in [1.29, 1.82) is 5.26 Å². The number of nitriles is 1. The Balaban J connectivity index is 1.93. The largest absolute Gasteiger partial charge is 0.298 e. The molecule has 0 aliphatic rings. The van der Waals surface area contributed by atoms with Crippen LogP contribution in [0.2, 0.25) is 0 Å². The summed E-state index contributed by atoms with van der Waals surface area (Å²) in [5, 5.41) is 19.1. The molecule has 3 aromatic rings. The minimum atomic E-state index is 0.345. The number of H-pyrrole nitrogens is 1. The molecule has 1 heterocycles. The molecule has 100 valence electrons. The predicted molar refractivity (Wildman–Crippen MR) is 77.4 cm³/mol. The van der Waals surface area contributed by atoms with Crippen molar-refractivity contribution in [3.05, 3.63) is 59.8 Å². The van der Waals surface area contributed by atoms with E-state index in [1.807, 2.05) is 42.5 Å². The standard InChI is InChI=1S/C16H10N4O/c17-9-15-16(19-20-18-15)14-7-5-13(6-8-14)12-3-1-11(10-21)2-4-12/h1-8,10H,(H,18,19,20). The maximum Gasteiger partial charge on any atom is 0.163 e.